The van der Waals surface area contributed by atoms with Crippen LogP contribution in [0.3, 0.4) is 0 Å². The van der Waals surface area contributed by atoms with Crippen LogP contribution in [-0.4, -0.2) is 80.6 Å². The number of oxime groups is 1. The molecule has 0 unspecified atom stereocenters. The lowest BCUT2D eigenvalue weighted by Crippen LogP contribution is -2.49. The Balaban J connectivity index is 4.75. The van der Waals surface area contributed by atoms with Crippen LogP contribution in [0.25, 0.3) is 0 Å². The van der Waals surface area contributed by atoms with Crippen LogP contribution in [-0.2, 0) is 19.2 Å². The molecule has 0 aliphatic carbocycles. The van der Waals surface area contributed by atoms with E-state index in [1.807, 2.05) is 6.26 Å². The van der Waals surface area contributed by atoms with Crippen LogP contribution < -0.4 is 16.4 Å². The summed E-state index contributed by atoms with van der Waals surface area (Å²) >= 11 is 2.83. The maximum Gasteiger partial charge on any atom is 0.322 e. The summed E-state index contributed by atoms with van der Waals surface area (Å²) in [5, 5.41) is 34.9. The van der Waals surface area contributed by atoms with Gasteiger partial charge in [-0.3, -0.25) is 19.2 Å². The van der Waals surface area contributed by atoms with Crippen molar-refractivity contribution in [3.8, 4) is 0 Å². The van der Waals surface area contributed by atoms with E-state index in [1.165, 1.54) is 0 Å². The number of aliphatic carboxylic acids is 2. The molecule has 0 fully saturated rings. The molecule has 2 atom stereocenters. The Kier molecular flexibility index (Phi) is 15.7. The number of hydrogen-bond acceptors (Lipinski definition) is 9. The molecule has 172 valence electrons. The van der Waals surface area contributed by atoms with Crippen LogP contribution in [0.15, 0.2) is 5.16 Å². The number of carbonyl (C=O) groups is 4. The van der Waals surface area contributed by atoms with Crippen LogP contribution in [0, 0.1) is 0 Å². The van der Waals surface area contributed by atoms with Gasteiger partial charge in [-0.1, -0.05) is 11.6 Å². The number of amides is 2. The second-order valence-electron chi connectivity index (χ2n) is 6.32. The standard InChI is InChI=1S/C17H30N4O7S2/c1-29-8-4-2-3-5-14(21-28)30-10-12(16(25)19-9-15(23)24)20-13(22)7-6-11(18)17(26)27/h11-12,28H,2-10,18H2,1H3,(H,19,25)(H,20,22)(H,23,24)(H,26,27)/t11-,12-/m0/s1. The van der Waals surface area contributed by atoms with Gasteiger partial charge in [-0.2, -0.15) is 11.8 Å². The molecule has 7 N–H and O–H groups in total. The van der Waals surface area contributed by atoms with Gasteiger partial charge < -0.3 is 31.8 Å². The first-order valence-electron chi connectivity index (χ1n) is 9.31. The number of nitrogens with one attached hydrogen (secondary N) is 2. The first-order valence-corrected chi connectivity index (χ1v) is 11.7. The molecule has 13 heteroatoms. The van der Waals surface area contributed by atoms with Crippen molar-refractivity contribution in [1.29, 1.82) is 0 Å². The number of nitrogens with two attached hydrogens (primary N) is 1. The Morgan fingerprint density at radius 1 is 1.10 bits per heavy atom. The third-order valence-electron chi connectivity index (χ3n) is 3.83. The highest BCUT2D eigenvalue weighted by Crippen LogP contribution is 2.14. The average molecular weight is 467 g/mol. The Bertz CT molecular complexity index is 605. The van der Waals surface area contributed by atoms with E-state index < -0.39 is 42.4 Å². The lowest BCUT2D eigenvalue weighted by Gasteiger charge is -2.18. The minimum atomic E-state index is -1.24. The smallest absolute Gasteiger partial charge is 0.322 e. The van der Waals surface area contributed by atoms with E-state index in [0.29, 0.717) is 11.5 Å². The van der Waals surface area contributed by atoms with Gasteiger partial charge in [0.1, 0.15) is 23.7 Å². The quantitative estimate of drug-likeness (QED) is 0.0606. The van der Waals surface area contributed by atoms with Crippen molar-refractivity contribution in [2.45, 2.75) is 50.6 Å². The highest BCUT2D eigenvalue weighted by molar-refractivity contribution is 8.14. The highest BCUT2D eigenvalue weighted by atomic mass is 32.2. The summed E-state index contributed by atoms with van der Waals surface area (Å²) in [6, 6.07) is -2.29. The number of hydrogen-bond donors (Lipinski definition) is 6. The monoisotopic (exact) mass is 466 g/mol. The zero-order chi connectivity index (χ0) is 22.9. The normalized spacial score (nSPS) is 13.3. The third-order valence-corrected chi connectivity index (χ3v) is 5.65. The summed E-state index contributed by atoms with van der Waals surface area (Å²) in [5.74, 6) is -2.72. The van der Waals surface area contributed by atoms with Gasteiger partial charge in [-0.05, 0) is 37.7 Å². The second kappa shape index (κ2) is 16.8. The number of nitrogens with zero attached hydrogens (tertiary/aromatic N) is 1. The molecule has 0 spiro atoms. The third kappa shape index (κ3) is 14.1. The number of thioether (sulfide) groups is 2. The summed E-state index contributed by atoms with van der Waals surface area (Å²) in [7, 11) is 0. The fourth-order valence-corrected chi connectivity index (χ4v) is 3.61. The molecule has 0 aromatic carbocycles. The van der Waals surface area contributed by atoms with Gasteiger partial charge in [0.15, 0.2) is 0 Å². The predicted octanol–water partition coefficient (Wildman–Crippen LogP) is 0.308. The van der Waals surface area contributed by atoms with Crippen LogP contribution in [0.4, 0.5) is 0 Å². The molecule has 0 aliphatic heterocycles. The molecule has 0 rings (SSSR count). The Morgan fingerprint density at radius 3 is 2.37 bits per heavy atom. The summed E-state index contributed by atoms with van der Waals surface area (Å²) < 4.78 is 0. The molecule has 0 saturated carbocycles. The molecule has 0 radical (unpaired) electrons. The first kappa shape index (κ1) is 28.0. The first-order chi connectivity index (χ1) is 14.2. The van der Waals surface area contributed by atoms with Gasteiger partial charge in [-0.25, -0.2) is 0 Å². The summed E-state index contributed by atoms with van der Waals surface area (Å²) in [6.45, 7) is -0.615. The molecule has 30 heavy (non-hydrogen) atoms. The van der Waals surface area contributed by atoms with Crippen molar-refractivity contribution in [1.82, 2.24) is 10.6 Å². The van der Waals surface area contributed by atoms with E-state index >= 15 is 0 Å². The van der Waals surface area contributed by atoms with Gasteiger partial charge in [0.25, 0.3) is 0 Å². The van der Waals surface area contributed by atoms with Crippen molar-refractivity contribution in [3.05, 3.63) is 0 Å². The van der Waals surface area contributed by atoms with Crippen LogP contribution in [0.5, 0.6) is 0 Å². The van der Waals surface area contributed by atoms with E-state index in [9.17, 15) is 19.2 Å². The SMILES string of the molecule is CSCCCCCC(=NO)SC[C@H](NC(=O)CC[C@H](N)C(=O)O)C(=O)NCC(=O)O. The molecule has 0 aliphatic rings. The minimum absolute atomic E-state index is 0.0202. The summed E-state index contributed by atoms with van der Waals surface area (Å²) in [5.41, 5.74) is 5.36. The van der Waals surface area contributed by atoms with E-state index in [2.05, 4.69) is 15.8 Å². The molecule has 0 heterocycles. The number of carboxylic acid groups (broad SMARTS) is 2. The zero-order valence-electron chi connectivity index (χ0n) is 16.8. The lowest BCUT2D eigenvalue weighted by atomic mass is 10.1. The topological polar surface area (TPSA) is 191 Å². The van der Waals surface area contributed by atoms with Crippen LogP contribution in [0.2, 0.25) is 0 Å². The van der Waals surface area contributed by atoms with Gasteiger partial charge in [-0.15, -0.1) is 11.8 Å². The molecule has 11 nitrogen and oxygen atoms in total. The highest BCUT2D eigenvalue weighted by Gasteiger charge is 2.23. The fourth-order valence-electron chi connectivity index (χ4n) is 2.18. The van der Waals surface area contributed by atoms with Crippen molar-refractivity contribution >= 4 is 52.3 Å². The lowest BCUT2D eigenvalue weighted by molar-refractivity contribution is -0.139. The molecule has 0 aromatic rings. The molecule has 0 aromatic heterocycles. The molecular formula is C17H30N4O7S2. The average Bonchev–Trinajstić information content (AvgIpc) is 2.70. The van der Waals surface area contributed by atoms with Gasteiger partial charge >= 0.3 is 11.9 Å². The van der Waals surface area contributed by atoms with E-state index in [4.69, 9.17) is 21.2 Å². The van der Waals surface area contributed by atoms with Crippen molar-refractivity contribution < 1.29 is 34.6 Å². The fraction of sp³-hybridized carbons (Fsp3) is 0.706. The number of carbonyl (C=O) groups excluding carboxylic acids is 2. The Labute approximate surface area is 183 Å². The predicted molar refractivity (Wildman–Crippen MR) is 116 cm³/mol. The van der Waals surface area contributed by atoms with E-state index in [1.54, 1.807) is 11.8 Å². The molecular weight excluding hydrogens is 436 g/mol. The maximum atomic E-state index is 12.2. The largest absolute Gasteiger partial charge is 0.480 e. The van der Waals surface area contributed by atoms with Crippen molar-refractivity contribution in [3.63, 3.8) is 0 Å². The van der Waals surface area contributed by atoms with Gasteiger partial charge in [0.2, 0.25) is 11.8 Å². The number of rotatable bonds is 16. The van der Waals surface area contributed by atoms with Crippen molar-refractivity contribution in [2.24, 2.45) is 10.9 Å². The second-order valence-corrected chi connectivity index (χ2v) is 8.40. The van der Waals surface area contributed by atoms with Crippen molar-refractivity contribution in [2.75, 3.05) is 24.3 Å². The van der Waals surface area contributed by atoms with E-state index in [-0.39, 0.29) is 18.6 Å². The van der Waals surface area contributed by atoms with E-state index in [0.717, 1.165) is 36.8 Å². The molecule has 2 amide bonds. The molecule has 0 saturated heterocycles. The zero-order valence-corrected chi connectivity index (χ0v) is 18.5. The number of carboxylic acids is 2. The summed E-state index contributed by atoms with van der Waals surface area (Å²) in [4.78, 5) is 45.7. The number of unbranched alkanes of at least 4 members (excludes halogenated alkanes) is 2. The van der Waals surface area contributed by atoms with Gasteiger partial charge in [0.05, 0.1) is 0 Å². The van der Waals surface area contributed by atoms with Crippen LogP contribution >= 0.6 is 23.5 Å². The maximum absolute atomic E-state index is 12.2. The summed E-state index contributed by atoms with van der Waals surface area (Å²) in [6.07, 6.45) is 5.02. The van der Waals surface area contributed by atoms with Crippen LogP contribution in [0.1, 0.15) is 38.5 Å². The molecule has 0 bridgehead atoms. The minimum Gasteiger partial charge on any atom is -0.480 e. The Hall–Kier alpha value is -1.99. The Morgan fingerprint density at radius 2 is 1.80 bits per heavy atom. The van der Waals surface area contributed by atoms with Gasteiger partial charge in [0, 0.05) is 12.2 Å².